The second-order valence-electron chi connectivity index (χ2n) is 9.82. The van der Waals surface area contributed by atoms with E-state index in [-0.39, 0.29) is 16.9 Å². The van der Waals surface area contributed by atoms with Gasteiger partial charge in [-0.3, -0.25) is 14.3 Å². The lowest BCUT2D eigenvalue weighted by molar-refractivity contribution is 0.348. The number of nitrogens with zero attached hydrogens (tertiary/aromatic N) is 3. The molecule has 0 saturated heterocycles. The van der Waals surface area contributed by atoms with Crippen molar-refractivity contribution in [2.75, 3.05) is 0 Å². The van der Waals surface area contributed by atoms with E-state index in [1.807, 2.05) is 56.3 Å². The van der Waals surface area contributed by atoms with Crippen molar-refractivity contribution in [2.24, 2.45) is 5.92 Å². The number of aryl methyl sites for hydroxylation is 2. The molecule has 38 heavy (non-hydrogen) atoms. The van der Waals surface area contributed by atoms with Gasteiger partial charge in [0.1, 0.15) is 5.82 Å². The summed E-state index contributed by atoms with van der Waals surface area (Å²) in [4.78, 5) is 21.0. The van der Waals surface area contributed by atoms with Crippen LogP contribution in [-0.2, 0) is 16.3 Å². The van der Waals surface area contributed by atoms with Gasteiger partial charge in [0.25, 0.3) is 5.56 Å². The minimum absolute atomic E-state index is 0.0764. The van der Waals surface area contributed by atoms with E-state index in [4.69, 9.17) is 0 Å². The largest absolute Gasteiger partial charge is 0.493 e. The van der Waals surface area contributed by atoms with Crippen molar-refractivity contribution in [3.05, 3.63) is 100 Å². The first-order valence-electron chi connectivity index (χ1n) is 13.0. The van der Waals surface area contributed by atoms with Crippen molar-refractivity contribution in [1.82, 2.24) is 14.5 Å². The third-order valence-corrected chi connectivity index (χ3v) is 8.91. The fourth-order valence-corrected chi connectivity index (χ4v) is 6.35. The van der Waals surface area contributed by atoms with Crippen molar-refractivity contribution in [3.63, 3.8) is 0 Å². The van der Waals surface area contributed by atoms with Crippen LogP contribution in [0.1, 0.15) is 55.7 Å². The van der Waals surface area contributed by atoms with Crippen LogP contribution in [0.2, 0.25) is 0 Å². The molecule has 1 fully saturated rings. The molecule has 7 nitrogen and oxygen atoms in total. The molecule has 4 aromatic rings. The Bertz CT molecular complexity index is 1610. The smallest absolute Gasteiger partial charge is 0.296 e. The molecule has 0 aliphatic heterocycles. The van der Waals surface area contributed by atoms with Gasteiger partial charge < -0.3 is 5.11 Å². The summed E-state index contributed by atoms with van der Waals surface area (Å²) in [5.74, 6) is 0.103. The van der Waals surface area contributed by atoms with E-state index in [2.05, 4.69) is 9.97 Å². The molecule has 8 heteroatoms. The van der Waals surface area contributed by atoms with E-state index in [1.54, 1.807) is 22.9 Å². The molecule has 1 aliphatic rings. The van der Waals surface area contributed by atoms with E-state index in [9.17, 15) is 18.3 Å². The van der Waals surface area contributed by atoms with Crippen molar-refractivity contribution in [2.45, 2.75) is 61.8 Å². The predicted octanol–water partition coefficient (Wildman–Crippen LogP) is 5.49. The Morgan fingerprint density at radius 1 is 1.03 bits per heavy atom. The Hall–Kier alpha value is -3.78. The van der Waals surface area contributed by atoms with Crippen molar-refractivity contribution in [3.8, 4) is 17.0 Å². The Kier molecular flexibility index (Phi) is 7.17. The average Bonchev–Trinajstić information content (AvgIpc) is 3.75. The summed E-state index contributed by atoms with van der Waals surface area (Å²) in [5, 5.41) is 11.6. The lowest BCUT2D eigenvalue weighted by Crippen LogP contribution is -2.28. The molecule has 0 amide bonds. The first-order chi connectivity index (χ1) is 18.3. The summed E-state index contributed by atoms with van der Waals surface area (Å²) in [7, 11) is -4.35. The first-order valence-corrected chi connectivity index (χ1v) is 14.5. The van der Waals surface area contributed by atoms with Crippen LogP contribution in [0.3, 0.4) is 0 Å². The lowest BCUT2D eigenvalue weighted by atomic mass is 10.0. The number of rotatable bonds is 9. The number of hydrogen-bond acceptors (Lipinski definition) is 6. The second-order valence-corrected chi connectivity index (χ2v) is 11.7. The SMILES string of the molecule is CCCCc1nc(=O)c(S(=O)(=O)c2ccc(-c3cccnc3C)cc2)c(O)n1C(c1ccccc1)C1CC1. The number of unbranched alkanes of at least 4 members (excludes halogenated alkanes) is 1. The number of pyridine rings is 1. The van der Waals surface area contributed by atoms with Crippen LogP contribution in [0.15, 0.2) is 87.5 Å². The maximum Gasteiger partial charge on any atom is 0.296 e. The van der Waals surface area contributed by atoms with Crippen molar-refractivity contribution < 1.29 is 13.5 Å². The molecule has 1 unspecified atom stereocenters. The minimum atomic E-state index is -4.35. The maximum absolute atomic E-state index is 13.8. The molecule has 1 atom stereocenters. The van der Waals surface area contributed by atoms with Gasteiger partial charge in [-0.05, 0) is 61.4 Å². The molecule has 2 aromatic carbocycles. The lowest BCUT2D eigenvalue weighted by Gasteiger charge is -2.26. The van der Waals surface area contributed by atoms with E-state index in [0.717, 1.165) is 48.1 Å². The Morgan fingerprint density at radius 2 is 1.74 bits per heavy atom. The second kappa shape index (κ2) is 10.5. The standard InChI is InChI=1S/C30H31N3O4S/c1-3-4-12-26-32-29(34)28(30(35)33(26)27(23-13-14-23)22-9-6-5-7-10-22)38(36,37)24-17-15-21(16-18-24)25-11-8-19-31-20(25)2/h5-11,15-19,23,27,35H,3-4,12-14H2,1-2H3. The highest BCUT2D eigenvalue weighted by Gasteiger charge is 2.38. The van der Waals surface area contributed by atoms with Gasteiger partial charge in [0.05, 0.1) is 10.9 Å². The summed E-state index contributed by atoms with van der Waals surface area (Å²) in [6, 6.07) is 19.4. The molecular weight excluding hydrogens is 498 g/mol. The summed E-state index contributed by atoms with van der Waals surface area (Å²) >= 11 is 0. The number of benzene rings is 2. The zero-order chi connectivity index (χ0) is 26.9. The Morgan fingerprint density at radius 3 is 2.37 bits per heavy atom. The van der Waals surface area contributed by atoms with E-state index < -0.39 is 26.2 Å². The molecule has 5 rings (SSSR count). The van der Waals surface area contributed by atoms with Gasteiger partial charge in [-0.1, -0.05) is 61.9 Å². The quantitative estimate of drug-likeness (QED) is 0.307. The third-order valence-electron chi connectivity index (χ3n) is 7.13. The van der Waals surface area contributed by atoms with E-state index in [0.29, 0.717) is 12.2 Å². The highest BCUT2D eigenvalue weighted by atomic mass is 32.2. The monoisotopic (exact) mass is 529 g/mol. The molecular formula is C30H31N3O4S. The van der Waals surface area contributed by atoms with Gasteiger partial charge in [0.15, 0.2) is 4.90 Å². The van der Waals surface area contributed by atoms with E-state index >= 15 is 0 Å². The molecule has 1 aliphatic carbocycles. The number of sulfone groups is 1. The number of aromatic nitrogens is 3. The fraction of sp³-hybridized carbons (Fsp3) is 0.300. The maximum atomic E-state index is 13.8. The van der Waals surface area contributed by atoms with Crippen LogP contribution >= 0.6 is 0 Å². The highest BCUT2D eigenvalue weighted by molar-refractivity contribution is 7.91. The molecule has 1 N–H and O–H groups in total. The van der Waals surface area contributed by atoms with Gasteiger partial charge in [-0.25, -0.2) is 8.42 Å². The fourth-order valence-electron chi connectivity index (χ4n) is 5.00. The molecule has 0 radical (unpaired) electrons. The number of aromatic hydroxyl groups is 1. The van der Waals surface area contributed by atoms with Gasteiger partial charge in [-0.15, -0.1) is 0 Å². The molecule has 2 heterocycles. The highest BCUT2D eigenvalue weighted by Crippen LogP contribution is 2.46. The van der Waals surface area contributed by atoms with Crippen LogP contribution in [0.25, 0.3) is 11.1 Å². The first kappa shape index (κ1) is 25.9. The minimum Gasteiger partial charge on any atom is -0.493 e. The van der Waals surface area contributed by atoms with Crippen LogP contribution in [0, 0.1) is 12.8 Å². The zero-order valence-corrected chi connectivity index (χ0v) is 22.4. The molecule has 0 spiro atoms. The van der Waals surface area contributed by atoms with Crippen molar-refractivity contribution >= 4 is 9.84 Å². The van der Waals surface area contributed by atoms with Gasteiger partial charge in [0, 0.05) is 23.9 Å². The molecule has 1 saturated carbocycles. The van der Waals surface area contributed by atoms with Gasteiger partial charge >= 0.3 is 0 Å². The van der Waals surface area contributed by atoms with Crippen LogP contribution in [0.4, 0.5) is 0 Å². The Balaban J connectivity index is 1.64. The average molecular weight is 530 g/mol. The summed E-state index contributed by atoms with van der Waals surface area (Å²) in [6.07, 6.45) is 5.71. The van der Waals surface area contributed by atoms with Crippen LogP contribution < -0.4 is 5.56 Å². The van der Waals surface area contributed by atoms with Gasteiger partial charge in [-0.2, -0.15) is 4.98 Å². The zero-order valence-electron chi connectivity index (χ0n) is 21.5. The Labute approximate surface area is 222 Å². The summed E-state index contributed by atoms with van der Waals surface area (Å²) in [6.45, 7) is 3.92. The molecule has 196 valence electrons. The normalized spacial score (nSPS) is 14.4. The van der Waals surface area contributed by atoms with Gasteiger partial charge in [0.2, 0.25) is 15.7 Å². The third kappa shape index (κ3) is 4.88. The number of hydrogen-bond donors (Lipinski definition) is 1. The summed E-state index contributed by atoms with van der Waals surface area (Å²) < 4.78 is 29.2. The van der Waals surface area contributed by atoms with Crippen LogP contribution in [0.5, 0.6) is 5.88 Å². The summed E-state index contributed by atoms with van der Waals surface area (Å²) in [5.41, 5.74) is 2.54. The van der Waals surface area contributed by atoms with Crippen LogP contribution in [-0.4, -0.2) is 28.1 Å². The topological polar surface area (TPSA) is 102 Å². The van der Waals surface area contributed by atoms with E-state index in [1.165, 1.54) is 12.1 Å². The molecule has 2 aromatic heterocycles. The predicted molar refractivity (Wildman–Crippen MR) is 146 cm³/mol. The van der Waals surface area contributed by atoms with Crippen molar-refractivity contribution in [1.29, 1.82) is 0 Å². The molecule has 0 bridgehead atoms.